The number of anilines is 2. The molecule has 14 heteroatoms. The number of nitrogens with zero attached hydrogens (tertiary/aromatic N) is 7. The fourth-order valence-corrected chi connectivity index (χ4v) is 4.06. The minimum atomic E-state index is -1.59. The van der Waals surface area contributed by atoms with E-state index in [1.807, 2.05) is 6.07 Å². The van der Waals surface area contributed by atoms with Gasteiger partial charge in [-0.1, -0.05) is 0 Å². The highest BCUT2D eigenvalue weighted by Crippen LogP contribution is 2.28. The second-order valence-corrected chi connectivity index (χ2v) is 9.76. The summed E-state index contributed by atoms with van der Waals surface area (Å²) in [6.45, 7) is 2.77. The second-order valence-electron chi connectivity index (χ2n) is 9.76. The molecule has 1 aliphatic heterocycles. The maximum Gasteiger partial charge on any atom is 0.253 e. The van der Waals surface area contributed by atoms with Crippen molar-refractivity contribution in [1.82, 2.24) is 29.6 Å². The quantitative estimate of drug-likeness (QED) is 0.301. The number of aliphatic hydroxyl groups is 3. The number of aliphatic hydroxyl groups excluding tert-OH is 2. The second kappa shape index (κ2) is 11.7. The number of halogens is 1. The highest BCUT2D eigenvalue weighted by molar-refractivity contribution is 5.81. The SMILES string of the molecule is CC(C)(O)Cn1cc(Nc2ncnc(-c3ccc(O[C@H]4CCN(C(=O)C(O)CO)C[C@H]4F)c(C#N)c3)n2)cn1. The van der Waals surface area contributed by atoms with Crippen LogP contribution in [0.1, 0.15) is 25.8 Å². The summed E-state index contributed by atoms with van der Waals surface area (Å²) in [5, 5.41) is 45.4. The highest BCUT2D eigenvalue weighted by Gasteiger charge is 2.35. The minimum Gasteiger partial charge on any atom is -0.486 e. The van der Waals surface area contributed by atoms with Gasteiger partial charge in [-0.25, -0.2) is 14.4 Å². The third kappa shape index (κ3) is 7.02. The first kappa shape index (κ1) is 27.8. The van der Waals surface area contributed by atoms with E-state index < -0.39 is 36.5 Å². The van der Waals surface area contributed by atoms with E-state index in [1.54, 1.807) is 37.0 Å². The smallest absolute Gasteiger partial charge is 0.253 e. The summed E-state index contributed by atoms with van der Waals surface area (Å²) in [4.78, 5) is 25.9. The van der Waals surface area contributed by atoms with Gasteiger partial charge in [0, 0.05) is 24.7 Å². The molecule has 3 aromatic rings. The van der Waals surface area contributed by atoms with E-state index in [0.717, 1.165) is 4.90 Å². The third-order valence-electron chi connectivity index (χ3n) is 5.90. The lowest BCUT2D eigenvalue weighted by Crippen LogP contribution is -2.52. The van der Waals surface area contributed by atoms with Crippen LogP contribution in [0.3, 0.4) is 0 Å². The summed E-state index contributed by atoms with van der Waals surface area (Å²) >= 11 is 0. The number of piperidine rings is 1. The van der Waals surface area contributed by atoms with E-state index in [-0.39, 0.29) is 42.6 Å². The number of rotatable bonds is 9. The Balaban J connectivity index is 1.44. The first-order valence-corrected chi connectivity index (χ1v) is 12.2. The van der Waals surface area contributed by atoms with Crippen molar-refractivity contribution in [3.05, 3.63) is 42.5 Å². The molecule has 4 rings (SSSR count). The Morgan fingerprint density at radius 2 is 2.18 bits per heavy atom. The summed E-state index contributed by atoms with van der Waals surface area (Å²) in [6.07, 6.45) is 0.700. The molecule has 3 heterocycles. The van der Waals surface area contributed by atoms with E-state index in [0.29, 0.717) is 17.8 Å². The number of alkyl halides is 1. The lowest BCUT2D eigenvalue weighted by Gasteiger charge is -2.35. The zero-order valence-corrected chi connectivity index (χ0v) is 21.4. The molecular weight excluding hydrogens is 511 g/mol. The summed E-state index contributed by atoms with van der Waals surface area (Å²) in [5.74, 6) is -0.0305. The maximum atomic E-state index is 14.8. The standard InChI is InChI=1S/C25H29FN8O5/c1-25(2,38)13-34-10-17(9-30-34)31-24-29-14-28-22(32-24)15-3-4-20(16(7-15)8-27)39-21-5-6-33(11-18(21)26)23(37)19(36)12-35/h3-4,7,9-10,14,18-19,21,35-36,38H,5-6,11-13H2,1-2H3,(H,28,29,31,32)/t18-,19?,21+/m1/s1. The third-order valence-corrected chi connectivity index (χ3v) is 5.90. The summed E-state index contributed by atoms with van der Waals surface area (Å²) < 4.78 is 22.2. The number of hydrogen-bond donors (Lipinski definition) is 4. The normalized spacial score (nSPS) is 18.3. The molecule has 1 aromatic carbocycles. The van der Waals surface area contributed by atoms with Crippen molar-refractivity contribution in [2.45, 2.75) is 50.8 Å². The van der Waals surface area contributed by atoms with Crippen LogP contribution in [0, 0.1) is 11.3 Å². The number of likely N-dealkylation sites (tertiary alicyclic amines) is 1. The van der Waals surface area contributed by atoms with Gasteiger partial charge in [0.25, 0.3) is 5.91 Å². The van der Waals surface area contributed by atoms with Gasteiger partial charge in [-0.05, 0) is 32.0 Å². The molecule has 39 heavy (non-hydrogen) atoms. The minimum absolute atomic E-state index is 0.137. The van der Waals surface area contributed by atoms with Gasteiger partial charge in [-0.15, -0.1) is 0 Å². The van der Waals surface area contributed by atoms with Crippen molar-refractivity contribution in [3.8, 4) is 23.2 Å². The van der Waals surface area contributed by atoms with Gasteiger partial charge in [0.15, 0.2) is 18.1 Å². The number of nitrogens with one attached hydrogen (secondary N) is 1. The van der Waals surface area contributed by atoms with Gasteiger partial charge in [-0.3, -0.25) is 9.48 Å². The van der Waals surface area contributed by atoms with E-state index in [9.17, 15) is 24.7 Å². The zero-order valence-electron chi connectivity index (χ0n) is 21.4. The van der Waals surface area contributed by atoms with Crippen molar-refractivity contribution in [1.29, 1.82) is 5.26 Å². The molecule has 4 N–H and O–H groups in total. The Kier molecular flexibility index (Phi) is 8.34. The summed E-state index contributed by atoms with van der Waals surface area (Å²) in [7, 11) is 0. The molecule has 13 nitrogen and oxygen atoms in total. The monoisotopic (exact) mass is 540 g/mol. The van der Waals surface area contributed by atoms with Crippen molar-refractivity contribution in [3.63, 3.8) is 0 Å². The zero-order chi connectivity index (χ0) is 28.2. The fourth-order valence-electron chi connectivity index (χ4n) is 4.06. The Morgan fingerprint density at radius 3 is 2.87 bits per heavy atom. The van der Waals surface area contributed by atoms with Gasteiger partial charge < -0.3 is 30.3 Å². The average molecular weight is 541 g/mol. The van der Waals surface area contributed by atoms with Crippen molar-refractivity contribution in [2.75, 3.05) is 25.0 Å². The van der Waals surface area contributed by atoms with Crippen molar-refractivity contribution < 1.29 is 29.2 Å². The summed E-state index contributed by atoms with van der Waals surface area (Å²) in [5.41, 5.74) is 0.342. The molecule has 0 radical (unpaired) electrons. The van der Waals surface area contributed by atoms with E-state index in [2.05, 4.69) is 25.4 Å². The number of carbonyl (C=O) groups is 1. The molecule has 2 aromatic heterocycles. The topological polar surface area (TPSA) is 183 Å². The number of ether oxygens (including phenoxy) is 1. The van der Waals surface area contributed by atoms with Gasteiger partial charge >= 0.3 is 0 Å². The molecule has 0 aliphatic carbocycles. The van der Waals surface area contributed by atoms with Crippen LogP contribution in [0.5, 0.6) is 5.75 Å². The van der Waals surface area contributed by atoms with Crippen LogP contribution in [0.25, 0.3) is 11.4 Å². The van der Waals surface area contributed by atoms with E-state index >= 15 is 0 Å². The lowest BCUT2D eigenvalue weighted by atomic mass is 10.0. The van der Waals surface area contributed by atoms with Crippen LogP contribution < -0.4 is 10.1 Å². The van der Waals surface area contributed by atoms with Crippen LogP contribution >= 0.6 is 0 Å². The maximum absolute atomic E-state index is 14.8. The number of carbonyl (C=O) groups excluding carboxylic acids is 1. The van der Waals surface area contributed by atoms with Crippen LogP contribution in [0.15, 0.2) is 36.9 Å². The first-order chi connectivity index (χ1) is 18.6. The van der Waals surface area contributed by atoms with Crippen LogP contribution in [-0.2, 0) is 11.3 Å². The molecule has 1 unspecified atom stereocenters. The Morgan fingerprint density at radius 1 is 1.38 bits per heavy atom. The first-order valence-electron chi connectivity index (χ1n) is 12.2. The van der Waals surface area contributed by atoms with E-state index in [4.69, 9.17) is 9.84 Å². The molecule has 1 fully saturated rings. The predicted octanol–water partition coefficient (Wildman–Crippen LogP) is 0.792. The molecule has 1 amide bonds. The Bertz CT molecular complexity index is 1350. The van der Waals surface area contributed by atoms with Gasteiger partial charge in [-0.2, -0.15) is 15.3 Å². The number of benzene rings is 1. The van der Waals surface area contributed by atoms with Gasteiger partial charge in [0.1, 0.15) is 24.3 Å². The van der Waals surface area contributed by atoms with Crippen molar-refractivity contribution in [2.24, 2.45) is 0 Å². The molecular formula is C25H29FN8O5. The van der Waals surface area contributed by atoms with E-state index in [1.165, 1.54) is 18.5 Å². The van der Waals surface area contributed by atoms with Crippen molar-refractivity contribution >= 4 is 17.5 Å². The van der Waals surface area contributed by atoms with Crippen LogP contribution in [0.4, 0.5) is 16.0 Å². The Hall–Kier alpha value is -4.19. The highest BCUT2D eigenvalue weighted by atomic mass is 19.1. The number of aromatic nitrogens is 5. The largest absolute Gasteiger partial charge is 0.486 e. The molecule has 0 spiro atoms. The molecule has 1 saturated heterocycles. The molecule has 0 saturated carbocycles. The molecule has 0 bridgehead atoms. The average Bonchev–Trinajstić information content (AvgIpc) is 3.33. The number of amides is 1. The molecule has 206 valence electrons. The van der Waals surface area contributed by atoms with Gasteiger partial charge in [0.05, 0.1) is 42.7 Å². The fraction of sp³-hybridized carbons (Fsp3) is 0.440. The summed E-state index contributed by atoms with van der Waals surface area (Å²) in [6, 6.07) is 6.74. The van der Waals surface area contributed by atoms with Gasteiger partial charge in [0.2, 0.25) is 5.95 Å². The molecule has 3 atom stereocenters. The van der Waals surface area contributed by atoms with Crippen LogP contribution in [-0.4, -0.2) is 94.5 Å². The lowest BCUT2D eigenvalue weighted by molar-refractivity contribution is -0.146. The van der Waals surface area contributed by atoms with Crippen LogP contribution in [0.2, 0.25) is 0 Å². The molecule has 1 aliphatic rings. The number of hydrogen-bond acceptors (Lipinski definition) is 11. The Labute approximate surface area is 223 Å². The number of nitriles is 1. The predicted molar refractivity (Wildman–Crippen MR) is 135 cm³/mol.